The third-order valence-corrected chi connectivity index (χ3v) is 5.09. The molecule has 22 heavy (non-hydrogen) atoms. The van der Waals surface area contributed by atoms with E-state index in [4.69, 9.17) is 4.74 Å². The van der Waals surface area contributed by atoms with Crippen LogP contribution in [0.2, 0.25) is 0 Å². The van der Waals surface area contributed by atoms with Crippen molar-refractivity contribution in [1.82, 2.24) is 9.88 Å². The van der Waals surface area contributed by atoms with Crippen LogP contribution >= 0.6 is 11.3 Å². The zero-order valence-corrected chi connectivity index (χ0v) is 13.7. The van der Waals surface area contributed by atoms with Gasteiger partial charge in [0.25, 0.3) is 5.91 Å². The Morgan fingerprint density at radius 1 is 1.36 bits per heavy atom. The average Bonchev–Trinajstić information content (AvgIpc) is 3.05. The highest BCUT2D eigenvalue weighted by atomic mass is 32.1. The number of aromatic nitrogens is 1. The predicted molar refractivity (Wildman–Crippen MR) is 87.2 cm³/mol. The SMILES string of the molecule is CC(C)c1ncc(C(=O)N2CCOC[C@@H]2c2ccccc2)s1. The van der Waals surface area contributed by atoms with Gasteiger partial charge in [0, 0.05) is 12.5 Å². The fourth-order valence-corrected chi connectivity index (χ4v) is 3.47. The lowest BCUT2D eigenvalue weighted by Crippen LogP contribution is -2.43. The number of carbonyl (C=O) groups excluding carboxylic acids is 1. The Labute approximate surface area is 134 Å². The fourth-order valence-electron chi connectivity index (χ4n) is 2.59. The van der Waals surface area contributed by atoms with Crippen LogP contribution in [0, 0.1) is 0 Å². The third-order valence-electron chi connectivity index (χ3n) is 3.80. The summed E-state index contributed by atoms with van der Waals surface area (Å²) in [6.45, 7) is 5.94. The molecular weight excluding hydrogens is 296 g/mol. The van der Waals surface area contributed by atoms with Gasteiger partial charge in [-0.1, -0.05) is 44.2 Å². The molecule has 1 saturated heterocycles. The molecule has 0 saturated carbocycles. The number of benzene rings is 1. The van der Waals surface area contributed by atoms with E-state index in [2.05, 4.69) is 18.8 Å². The van der Waals surface area contributed by atoms with Gasteiger partial charge in [-0.05, 0) is 5.56 Å². The molecule has 0 radical (unpaired) electrons. The molecule has 0 aliphatic carbocycles. The van der Waals surface area contributed by atoms with Crippen LogP contribution in [0.1, 0.15) is 46.0 Å². The highest BCUT2D eigenvalue weighted by Gasteiger charge is 2.30. The summed E-state index contributed by atoms with van der Waals surface area (Å²) in [5.41, 5.74) is 1.11. The second-order valence-electron chi connectivity index (χ2n) is 5.72. The van der Waals surface area contributed by atoms with E-state index >= 15 is 0 Å². The molecule has 1 amide bonds. The topological polar surface area (TPSA) is 42.4 Å². The van der Waals surface area contributed by atoms with E-state index in [0.717, 1.165) is 10.6 Å². The summed E-state index contributed by atoms with van der Waals surface area (Å²) in [5.74, 6) is 0.405. The molecule has 1 aliphatic rings. The largest absolute Gasteiger partial charge is 0.377 e. The predicted octanol–water partition coefficient (Wildman–Crippen LogP) is 3.48. The lowest BCUT2D eigenvalue weighted by Gasteiger charge is -2.35. The van der Waals surface area contributed by atoms with Crippen molar-refractivity contribution in [3.8, 4) is 0 Å². The van der Waals surface area contributed by atoms with E-state index in [9.17, 15) is 4.79 Å². The van der Waals surface area contributed by atoms with E-state index in [1.807, 2.05) is 35.2 Å². The van der Waals surface area contributed by atoms with E-state index in [0.29, 0.717) is 30.6 Å². The maximum absolute atomic E-state index is 12.9. The van der Waals surface area contributed by atoms with Crippen molar-refractivity contribution in [3.63, 3.8) is 0 Å². The van der Waals surface area contributed by atoms with Crippen LogP contribution in [-0.4, -0.2) is 35.5 Å². The highest BCUT2D eigenvalue weighted by molar-refractivity contribution is 7.13. The number of thiazole rings is 1. The van der Waals surface area contributed by atoms with Crippen LogP contribution in [-0.2, 0) is 4.74 Å². The molecule has 1 aromatic carbocycles. The Bertz CT molecular complexity index is 639. The summed E-state index contributed by atoms with van der Waals surface area (Å²) < 4.78 is 5.59. The Hall–Kier alpha value is -1.72. The molecule has 0 unspecified atom stereocenters. The number of morpholine rings is 1. The molecule has 5 heteroatoms. The molecule has 2 aromatic rings. The Morgan fingerprint density at radius 2 is 2.14 bits per heavy atom. The minimum atomic E-state index is -0.0213. The first-order chi connectivity index (χ1) is 10.7. The number of hydrogen-bond donors (Lipinski definition) is 0. The van der Waals surface area contributed by atoms with E-state index in [1.165, 1.54) is 11.3 Å². The van der Waals surface area contributed by atoms with E-state index in [-0.39, 0.29) is 11.9 Å². The first-order valence-electron chi connectivity index (χ1n) is 7.56. The molecule has 0 N–H and O–H groups in total. The number of nitrogens with zero attached hydrogens (tertiary/aromatic N) is 2. The van der Waals surface area contributed by atoms with Crippen LogP contribution in [0.4, 0.5) is 0 Å². The molecule has 116 valence electrons. The second kappa shape index (κ2) is 6.58. The minimum Gasteiger partial charge on any atom is -0.377 e. The van der Waals surface area contributed by atoms with E-state index in [1.54, 1.807) is 6.20 Å². The molecule has 2 heterocycles. The highest BCUT2D eigenvalue weighted by Crippen LogP contribution is 2.28. The van der Waals surface area contributed by atoms with Crippen molar-refractivity contribution in [1.29, 1.82) is 0 Å². The van der Waals surface area contributed by atoms with Crippen molar-refractivity contribution in [2.45, 2.75) is 25.8 Å². The Morgan fingerprint density at radius 3 is 2.82 bits per heavy atom. The summed E-state index contributed by atoms with van der Waals surface area (Å²) in [7, 11) is 0. The van der Waals surface area contributed by atoms with Gasteiger partial charge in [-0.2, -0.15) is 0 Å². The van der Waals surface area contributed by atoms with Gasteiger partial charge in [-0.3, -0.25) is 4.79 Å². The number of hydrogen-bond acceptors (Lipinski definition) is 4. The summed E-state index contributed by atoms with van der Waals surface area (Å²) >= 11 is 1.50. The van der Waals surface area contributed by atoms with Gasteiger partial charge in [0.05, 0.1) is 30.5 Å². The molecule has 1 fully saturated rings. The molecular formula is C17H20N2O2S. The Balaban J connectivity index is 1.85. The van der Waals surface area contributed by atoms with E-state index < -0.39 is 0 Å². The third kappa shape index (κ3) is 3.05. The van der Waals surface area contributed by atoms with Crippen LogP contribution in [0.15, 0.2) is 36.5 Å². The summed E-state index contributed by atoms with van der Waals surface area (Å²) in [4.78, 5) is 19.9. The van der Waals surface area contributed by atoms with Gasteiger partial charge in [0.1, 0.15) is 4.88 Å². The summed E-state index contributed by atoms with van der Waals surface area (Å²) in [6.07, 6.45) is 1.71. The number of carbonyl (C=O) groups is 1. The number of amides is 1. The van der Waals surface area contributed by atoms with Gasteiger partial charge in [0.15, 0.2) is 0 Å². The Kier molecular flexibility index (Phi) is 4.55. The first-order valence-corrected chi connectivity index (χ1v) is 8.38. The summed E-state index contributed by atoms with van der Waals surface area (Å²) in [6, 6.07) is 10.0. The average molecular weight is 316 g/mol. The molecule has 0 spiro atoms. The standard InChI is InChI=1S/C17H20N2O2S/c1-12(2)16-18-10-15(22-16)17(20)19-8-9-21-11-14(19)13-6-4-3-5-7-13/h3-7,10,12,14H,8-9,11H2,1-2H3/t14-/m1/s1. The smallest absolute Gasteiger partial charge is 0.266 e. The maximum Gasteiger partial charge on any atom is 0.266 e. The van der Waals surface area contributed by atoms with Crippen LogP contribution in [0.25, 0.3) is 0 Å². The van der Waals surface area contributed by atoms with Gasteiger partial charge in [-0.15, -0.1) is 11.3 Å². The molecule has 1 atom stereocenters. The van der Waals surface area contributed by atoms with Crippen molar-refractivity contribution < 1.29 is 9.53 Å². The van der Waals surface area contributed by atoms with Crippen LogP contribution in [0.3, 0.4) is 0 Å². The van der Waals surface area contributed by atoms with Crippen LogP contribution < -0.4 is 0 Å². The zero-order valence-electron chi connectivity index (χ0n) is 12.9. The molecule has 1 aliphatic heterocycles. The molecule has 1 aromatic heterocycles. The van der Waals surface area contributed by atoms with Crippen molar-refractivity contribution >= 4 is 17.2 Å². The second-order valence-corrected chi connectivity index (χ2v) is 6.78. The molecule has 3 rings (SSSR count). The van der Waals surface area contributed by atoms with Gasteiger partial charge >= 0.3 is 0 Å². The monoisotopic (exact) mass is 316 g/mol. The fraction of sp³-hybridized carbons (Fsp3) is 0.412. The van der Waals surface area contributed by atoms with Crippen LogP contribution in [0.5, 0.6) is 0 Å². The lowest BCUT2D eigenvalue weighted by atomic mass is 10.0. The van der Waals surface area contributed by atoms with Gasteiger partial charge < -0.3 is 9.64 Å². The van der Waals surface area contributed by atoms with Gasteiger partial charge in [0.2, 0.25) is 0 Å². The summed E-state index contributed by atoms with van der Waals surface area (Å²) in [5, 5.41) is 1.01. The number of rotatable bonds is 3. The van der Waals surface area contributed by atoms with Crippen molar-refractivity contribution in [2.75, 3.05) is 19.8 Å². The van der Waals surface area contributed by atoms with Crippen molar-refractivity contribution in [2.24, 2.45) is 0 Å². The normalized spacial score (nSPS) is 18.7. The molecule has 4 nitrogen and oxygen atoms in total. The lowest BCUT2D eigenvalue weighted by molar-refractivity contribution is -0.00244. The quantitative estimate of drug-likeness (QED) is 0.870. The van der Waals surface area contributed by atoms with Crippen molar-refractivity contribution in [3.05, 3.63) is 52.0 Å². The zero-order chi connectivity index (χ0) is 15.5. The molecule has 0 bridgehead atoms. The van der Waals surface area contributed by atoms with Gasteiger partial charge in [-0.25, -0.2) is 4.98 Å². The minimum absolute atomic E-state index is 0.0213. The first kappa shape index (κ1) is 15.2. The number of ether oxygens (including phenoxy) is 1. The maximum atomic E-state index is 12.9.